The summed E-state index contributed by atoms with van der Waals surface area (Å²) < 4.78 is 19.5. The molecule has 0 bridgehead atoms. The van der Waals surface area contributed by atoms with Crippen LogP contribution in [0.1, 0.15) is 34.1 Å². The lowest BCUT2D eigenvalue weighted by atomic mass is 10.0. The molecule has 0 fully saturated rings. The van der Waals surface area contributed by atoms with Gasteiger partial charge in [-0.2, -0.15) is 5.10 Å². The Hall–Kier alpha value is -2.92. The minimum atomic E-state index is -0.575. The maximum atomic E-state index is 14.1. The van der Waals surface area contributed by atoms with Gasteiger partial charge in [0.1, 0.15) is 17.3 Å². The first-order valence-corrected chi connectivity index (χ1v) is 8.46. The second kappa shape index (κ2) is 6.77. The van der Waals surface area contributed by atoms with Crippen molar-refractivity contribution >= 4 is 23.2 Å². The van der Waals surface area contributed by atoms with Crippen LogP contribution in [0.15, 0.2) is 76.4 Å². The van der Waals surface area contributed by atoms with Crippen molar-refractivity contribution in [3.8, 4) is 0 Å². The third kappa shape index (κ3) is 3.02. The number of furan rings is 1. The molecule has 0 saturated heterocycles. The van der Waals surface area contributed by atoms with Gasteiger partial charge in [-0.25, -0.2) is 9.40 Å². The number of hydrazone groups is 1. The highest BCUT2D eigenvalue weighted by molar-refractivity contribution is 6.30. The fraction of sp³-hybridized carbons (Fsp3) is 0.100. The van der Waals surface area contributed by atoms with E-state index in [1.807, 2.05) is 12.1 Å². The van der Waals surface area contributed by atoms with Gasteiger partial charge in [-0.05, 0) is 42.0 Å². The van der Waals surface area contributed by atoms with Crippen molar-refractivity contribution in [2.45, 2.75) is 12.5 Å². The Morgan fingerprint density at radius 2 is 1.88 bits per heavy atom. The average molecular weight is 369 g/mol. The van der Waals surface area contributed by atoms with Gasteiger partial charge in [0, 0.05) is 11.4 Å². The Kier molecular flexibility index (Phi) is 4.31. The first-order chi connectivity index (χ1) is 12.6. The Morgan fingerprint density at radius 3 is 2.58 bits per heavy atom. The topological polar surface area (TPSA) is 45.8 Å². The predicted molar refractivity (Wildman–Crippen MR) is 96.6 cm³/mol. The molecule has 6 heteroatoms. The average Bonchev–Trinajstić information content (AvgIpc) is 3.32. The van der Waals surface area contributed by atoms with Crippen molar-refractivity contribution in [1.82, 2.24) is 5.01 Å². The van der Waals surface area contributed by atoms with Crippen LogP contribution in [-0.2, 0) is 0 Å². The lowest BCUT2D eigenvalue weighted by Gasteiger charge is -2.22. The van der Waals surface area contributed by atoms with E-state index in [1.54, 1.807) is 42.7 Å². The van der Waals surface area contributed by atoms with Crippen molar-refractivity contribution in [2.75, 3.05) is 0 Å². The SMILES string of the molecule is O=C(c1ccccc1F)N1N=C(c2ccco2)CC1c1ccc(Cl)cc1. The highest BCUT2D eigenvalue weighted by atomic mass is 35.5. The smallest absolute Gasteiger partial charge is 0.277 e. The van der Waals surface area contributed by atoms with E-state index in [4.69, 9.17) is 16.0 Å². The molecule has 0 spiro atoms. The van der Waals surface area contributed by atoms with Crippen LogP contribution in [-0.4, -0.2) is 16.6 Å². The lowest BCUT2D eigenvalue weighted by Crippen LogP contribution is -2.27. The fourth-order valence-electron chi connectivity index (χ4n) is 2.99. The number of carbonyl (C=O) groups is 1. The summed E-state index contributed by atoms with van der Waals surface area (Å²) in [6.07, 6.45) is 2.02. The van der Waals surface area contributed by atoms with Crippen LogP contribution >= 0.6 is 11.6 Å². The van der Waals surface area contributed by atoms with Crippen molar-refractivity contribution < 1.29 is 13.6 Å². The van der Waals surface area contributed by atoms with Gasteiger partial charge in [-0.3, -0.25) is 4.79 Å². The van der Waals surface area contributed by atoms with E-state index < -0.39 is 11.7 Å². The van der Waals surface area contributed by atoms with Crippen molar-refractivity contribution in [1.29, 1.82) is 0 Å². The molecule has 1 aliphatic heterocycles. The highest BCUT2D eigenvalue weighted by Gasteiger charge is 2.35. The van der Waals surface area contributed by atoms with Crippen molar-refractivity contribution in [3.05, 3.63) is 94.7 Å². The second-order valence-corrected chi connectivity index (χ2v) is 6.36. The van der Waals surface area contributed by atoms with Gasteiger partial charge in [0.2, 0.25) is 0 Å². The number of halogens is 2. The molecule has 130 valence electrons. The Bertz CT molecular complexity index is 968. The van der Waals surface area contributed by atoms with Gasteiger partial charge >= 0.3 is 0 Å². The van der Waals surface area contributed by atoms with Gasteiger partial charge in [0.15, 0.2) is 0 Å². The molecule has 1 aliphatic rings. The molecule has 1 aromatic heterocycles. The zero-order valence-electron chi connectivity index (χ0n) is 13.6. The summed E-state index contributed by atoms with van der Waals surface area (Å²) in [7, 11) is 0. The molecule has 0 saturated carbocycles. The van der Waals surface area contributed by atoms with Gasteiger partial charge in [0.05, 0.1) is 17.9 Å². The molecule has 0 aliphatic carbocycles. The summed E-state index contributed by atoms with van der Waals surface area (Å²) in [6, 6.07) is 16.3. The lowest BCUT2D eigenvalue weighted by molar-refractivity contribution is 0.0706. The van der Waals surface area contributed by atoms with E-state index >= 15 is 0 Å². The quantitative estimate of drug-likeness (QED) is 0.648. The molecule has 1 unspecified atom stereocenters. The highest BCUT2D eigenvalue weighted by Crippen LogP contribution is 2.34. The van der Waals surface area contributed by atoms with Crippen LogP contribution in [0.5, 0.6) is 0 Å². The molecule has 1 amide bonds. The third-order valence-electron chi connectivity index (χ3n) is 4.28. The van der Waals surface area contributed by atoms with E-state index in [9.17, 15) is 9.18 Å². The predicted octanol–water partition coefficient (Wildman–Crippen LogP) is 5.06. The molecule has 4 nitrogen and oxygen atoms in total. The number of carbonyl (C=O) groups excluding carboxylic acids is 1. The van der Waals surface area contributed by atoms with Crippen LogP contribution in [0.4, 0.5) is 4.39 Å². The standard InChI is InChI=1S/C20H14ClFN2O2/c21-14-9-7-13(8-10-14)18-12-17(19-6-3-11-26-19)23-24(18)20(25)15-4-1-2-5-16(15)22/h1-11,18H,12H2. The summed E-state index contributed by atoms with van der Waals surface area (Å²) >= 11 is 5.97. The number of benzene rings is 2. The molecule has 2 heterocycles. The van der Waals surface area contributed by atoms with Crippen LogP contribution in [0.3, 0.4) is 0 Å². The molecule has 2 aromatic carbocycles. The molecular formula is C20H14ClFN2O2. The minimum Gasteiger partial charge on any atom is -0.463 e. The number of hydrogen-bond acceptors (Lipinski definition) is 3. The molecule has 4 rings (SSSR count). The van der Waals surface area contributed by atoms with Crippen LogP contribution in [0, 0.1) is 5.82 Å². The van der Waals surface area contributed by atoms with E-state index in [0.717, 1.165) is 5.56 Å². The van der Waals surface area contributed by atoms with Crippen LogP contribution < -0.4 is 0 Å². The number of hydrogen-bond donors (Lipinski definition) is 0. The van der Waals surface area contributed by atoms with Gasteiger partial charge < -0.3 is 4.42 Å². The van der Waals surface area contributed by atoms with E-state index in [1.165, 1.54) is 17.1 Å². The van der Waals surface area contributed by atoms with Crippen LogP contribution in [0.25, 0.3) is 0 Å². The molecule has 3 aromatic rings. The monoisotopic (exact) mass is 368 g/mol. The fourth-order valence-corrected chi connectivity index (χ4v) is 3.12. The van der Waals surface area contributed by atoms with Gasteiger partial charge in [-0.1, -0.05) is 35.9 Å². The molecule has 26 heavy (non-hydrogen) atoms. The minimum absolute atomic E-state index is 0.0177. The van der Waals surface area contributed by atoms with Gasteiger partial charge in [0.25, 0.3) is 5.91 Å². The maximum Gasteiger partial charge on any atom is 0.277 e. The van der Waals surface area contributed by atoms with Crippen molar-refractivity contribution in [3.63, 3.8) is 0 Å². The summed E-state index contributed by atoms with van der Waals surface area (Å²) in [5.74, 6) is -0.480. The first-order valence-electron chi connectivity index (χ1n) is 8.08. The Labute approximate surface area is 154 Å². The van der Waals surface area contributed by atoms with Crippen molar-refractivity contribution in [2.24, 2.45) is 5.10 Å². The molecule has 0 N–H and O–H groups in total. The van der Waals surface area contributed by atoms with Crippen LogP contribution in [0.2, 0.25) is 5.02 Å². The zero-order valence-corrected chi connectivity index (χ0v) is 14.4. The summed E-state index contributed by atoms with van der Waals surface area (Å²) in [5.41, 5.74) is 1.49. The summed E-state index contributed by atoms with van der Waals surface area (Å²) in [5, 5.41) is 6.36. The largest absolute Gasteiger partial charge is 0.463 e. The Balaban J connectivity index is 1.74. The van der Waals surface area contributed by atoms with E-state index in [-0.39, 0.29) is 11.6 Å². The summed E-state index contributed by atoms with van der Waals surface area (Å²) in [4.78, 5) is 13.0. The number of nitrogens with zero attached hydrogens (tertiary/aromatic N) is 2. The number of rotatable bonds is 3. The second-order valence-electron chi connectivity index (χ2n) is 5.93. The van der Waals surface area contributed by atoms with E-state index in [2.05, 4.69) is 5.10 Å². The maximum absolute atomic E-state index is 14.1. The zero-order chi connectivity index (χ0) is 18.1. The van der Waals surface area contributed by atoms with E-state index in [0.29, 0.717) is 22.9 Å². The third-order valence-corrected chi connectivity index (χ3v) is 4.54. The normalized spacial score (nSPS) is 16.6. The molecular weight excluding hydrogens is 355 g/mol. The first kappa shape index (κ1) is 16.5. The summed E-state index contributed by atoms with van der Waals surface area (Å²) in [6.45, 7) is 0. The molecule has 1 atom stereocenters. The van der Waals surface area contributed by atoms with Gasteiger partial charge in [-0.15, -0.1) is 0 Å². The number of amides is 1. The Morgan fingerprint density at radius 1 is 1.12 bits per heavy atom. The molecule has 0 radical (unpaired) electrons.